The van der Waals surface area contributed by atoms with Gasteiger partial charge in [-0.2, -0.15) is 0 Å². The van der Waals surface area contributed by atoms with E-state index in [1.54, 1.807) is 48.5 Å². The Morgan fingerprint density at radius 3 is 2.39 bits per heavy atom. The molecule has 6 nitrogen and oxygen atoms in total. The third kappa shape index (κ3) is 5.80. The number of benzene rings is 3. The highest BCUT2D eigenvalue weighted by Gasteiger charge is 2.40. The Balaban J connectivity index is 1.63. The molecule has 0 unspecified atom stereocenters. The lowest BCUT2D eigenvalue weighted by molar-refractivity contribution is -0.120. The zero-order chi connectivity index (χ0) is 25.7. The highest BCUT2D eigenvalue weighted by atomic mass is 35.5. The van der Waals surface area contributed by atoms with Gasteiger partial charge >= 0.3 is 5.97 Å². The van der Waals surface area contributed by atoms with Crippen molar-refractivity contribution in [1.29, 1.82) is 0 Å². The second-order valence-corrected chi connectivity index (χ2v) is 9.76. The molecule has 0 aliphatic carbocycles. The molecule has 3 aromatic rings. The van der Waals surface area contributed by atoms with Crippen LogP contribution in [0.1, 0.15) is 35.7 Å². The lowest BCUT2D eigenvalue weighted by Crippen LogP contribution is -2.32. The quantitative estimate of drug-likeness (QED) is 0.195. The molecule has 36 heavy (non-hydrogen) atoms. The molecule has 0 saturated carbocycles. The normalized spacial score (nSPS) is 13.4. The Morgan fingerprint density at radius 1 is 1.00 bits per heavy atom. The number of anilines is 2. The number of rotatable bonds is 9. The van der Waals surface area contributed by atoms with Crippen LogP contribution >= 0.6 is 23.4 Å². The zero-order valence-corrected chi connectivity index (χ0v) is 21.5. The Bertz CT molecular complexity index is 1320. The van der Waals surface area contributed by atoms with Crippen LogP contribution in [-0.2, 0) is 14.3 Å². The number of hydrogen-bond acceptors (Lipinski definition) is 6. The summed E-state index contributed by atoms with van der Waals surface area (Å²) in [7, 11) is 0. The van der Waals surface area contributed by atoms with Gasteiger partial charge in [-0.1, -0.05) is 48.8 Å². The van der Waals surface area contributed by atoms with E-state index in [4.69, 9.17) is 16.3 Å². The van der Waals surface area contributed by atoms with Crippen molar-refractivity contribution in [2.24, 2.45) is 0 Å². The van der Waals surface area contributed by atoms with E-state index >= 15 is 0 Å². The molecule has 0 radical (unpaired) electrons. The monoisotopic (exact) mass is 520 g/mol. The van der Waals surface area contributed by atoms with Gasteiger partial charge in [-0.25, -0.2) is 9.69 Å². The number of thioether (sulfide) groups is 1. The summed E-state index contributed by atoms with van der Waals surface area (Å²) in [6.45, 7) is 4.32. The van der Waals surface area contributed by atoms with Crippen LogP contribution in [-0.4, -0.2) is 24.4 Å². The molecule has 2 amide bonds. The van der Waals surface area contributed by atoms with Crippen LogP contribution in [0, 0.1) is 6.92 Å². The predicted octanol–water partition coefficient (Wildman–Crippen LogP) is 6.59. The number of hydrogen-bond donors (Lipinski definition) is 1. The molecule has 4 rings (SSSR count). The molecular formula is C28H25ClN2O4S. The van der Waals surface area contributed by atoms with Gasteiger partial charge in [-0.3, -0.25) is 9.59 Å². The van der Waals surface area contributed by atoms with Crippen molar-refractivity contribution in [3.05, 3.63) is 99.5 Å². The fourth-order valence-corrected chi connectivity index (χ4v) is 4.63. The minimum absolute atomic E-state index is 0.189. The molecule has 0 bridgehead atoms. The first-order valence-electron chi connectivity index (χ1n) is 11.5. The average molecular weight is 521 g/mol. The van der Waals surface area contributed by atoms with Gasteiger partial charge in [0.05, 0.1) is 17.9 Å². The number of carbonyl (C=O) groups is 3. The third-order valence-electron chi connectivity index (χ3n) is 5.45. The van der Waals surface area contributed by atoms with E-state index in [0.717, 1.165) is 28.2 Å². The highest BCUT2D eigenvalue weighted by molar-refractivity contribution is 8.04. The van der Waals surface area contributed by atoms with Crippen LogP contribution < -0.4 is 10.2 Å². The molecule has 1 aliphatic heterocycles. The number of aryl methyl sites for hydroxylation is 1. The summed E-state index contributed by atoms with van der Waals surface area (Å²) in [5, 5.41) is 3.73. The van der Waals surface area contributed by atoms with Crippen LogP contribution in [0.2, 0.25) is 5.02 Å². The van der Waals surface area contributed by atoms with Crippen molar-refractivity contribution in [2.75, 3.05) is 16.8 Å². The Kier molecular flexibility index (Phi) is 8.13. The smallest absolute Gasteiger partial charge is 0.338 e. The van der Waals surface area contributed by atoms with Crippen molar-refractivity contribution in [3.8, 4) is 0 Å². The number of halogens is 1. The first-order valence-corrected chi connectivity index (χ1v) is 12.7. The fraction of sp³-hybridized carbons (Fsp3) is 0.179. The van der Waals surface area contributed by atoms with Crippen molar-refractivity contribution < 1.29 is 19.1 Å². The maximum absolute atomic E-state index is 13.5. The number of unbranched alkanes of at least 4 members (excludes halogenated alkanes) is 1. The Morgan fingerprint density at radius 2 is 1.72 bits per heavy atom. The van der Waals surface area contributed by atoms with Crippen LogP contribution in [0.3, 0.4) is 0 Å². The predicted molar refractivity (Wildman–Crippen MR) is 143 cm³/mol. The molecule has 0 saturated heterocycles. The maximum atomic E-state index is 13.5. The summed E-state index contributed by atoms with van der Waals surface area (Å²) in [5.74, 6) is -1.36. The van der Waals surface area contributed by atoms with Gasteiger partial charge in [0, 0.05) is 15.6 Å². The minimum Gasteiger partial charge on any atom is -0.462 e. The van der Waals surface area contributed by atoms with Crippen molar-refractivity contribution in [2.45, 2.75) is 31.6 Å². The lowest BCUT2D eigenvalue weighted by atomic mass is 10.2. The highest BCUT2D eigenvalue weighted by Crippen LogP contribution is 2.38. The summed E-state index contributed by atoms with van der Waals surface area (Å²) >= 11 is 7.20. The van der Waals surface area contributed by atoms with Gasteiger partial charge < -0.3 is 10.1 Å². The fourth-order valence-electron chi connectivity index (χ4n) is 3.58. The van der Waals surface area contributed by atoms with Crippen molar-refractivity contribution in [1.82, 2.24) is 0 Å². The second-order valence-electron chi connectivity index (χ2n) is 8.24. The number of carbonyl (C=O) groups excluding carboxylic acids is 3. The number of amides is 2. The van der Waals surface area contributed by atoms with E-state index in [1.165, 1.54) is 11.8 Å². The van der Waals surface area contributed by atoms with Crippen LogP contribution in [0.4, 0.5) is 11.4 Å². The van der Waals surface area contributed by atoms with Gasteiger partial charge in [0.15, 0.2) is 0 Å². The largest absolute Gasteiger partial charge is 0.462 e. The van der Waals surface area contributed by atoms with Crippen molar-refractivity contribution >= 4 is 52.5 Å². The first kappa shape index (κ1) is 25.5. The number of nitrogens with zero attached hydrogens (tertiary/aromatic N) is 1. The van der Waals surface area contributed by atoms with E-state index in [-0.39, 0.29) is 10.6 Å². The molecular weight excluding hydrogens is 496 g/mol. The molecule has 0 fully saturated rings. The number of ether oxygens (including phenoxy) is 1. The van der Waals surface area contributed by atoms with Crippen LogP contribution in [0.15, 0.2) is 88.3 Å². The van der Waals surface area contributed by atoms with Gasteiger partial charge in [-0.05, 0) is 79.6 Å². The molecule has 0 atom stereocenters. The summed E-state index contributed by atoms with van der Waals surface area (Å²) in [5.41, 5.74) is 2.63. The molecule has 0 aromatic heterocycles. The standard InChI is InChI=1S/C28H25ClN2O4S/c1-3-4-16-35-28(34)19-8-12-22(13-9-19)31-26(32)24(30-21-7-5-6-18(2)17-21)25(27(31)33)36-23-14-10-20(29)11-15-23/h5-15,17,30H,3-4,16H2,1-2H3. The molecule has 0 spiro atoms. The third-order valence-corrected chi connectivity index (χ3v) is 6.80. The Hall–Kier alpha value is -3.55. The van der Waals surface area contributed by atoms with E-state index < -0.39 is 17.8 Å². The Labute approximate surface area is 219 Å². The van der Waals surface area contributed by atoms with Crippen LogP contribution in [0.25, 0.3) is 0 Å². The number of nitrogens with one attached hydrogen (secondary N) is 1. The molecule has 3 aromatic carbocycles. The van der Waals surface area contributed by atoms with E-state index in [2.05, 4.69) is 5.32 Å². The molecule has 1 heterocycles. The molecule has 1 aliphatic rings. The van der Waals surface area contributed by atoms with Gasteiger partial charge in [-0.15, -0.1) is 0 Å². The van der Waals surface area contributed by atoms with E-state index in [1.807, 2.05) is 38.1 Å². The summed E-state index contributed by atoms with van der Waals surface area (Å²) in [6.07, 6.45) is 1.71. The topological polar surface area (TPSA) is 75.7 Å². The van der Waals surface area contributed by atoms with E-state index in [0.29, 0.717) is 28.6 Å². The van der Waals surface area contributed by atoms with E-state index in [9.17, 15) is 14.4 Å². The van der Waals surface area contributed by atoms with Gasteiger partial charge in [0.25, 0.3) is 11.8 Å². The maximum Gasteiger partial charge on any atom is 0.338 e. The van der Waals surface area contributed by atoms with Gasteiger partial charge in [0.1, 0.15) is 10.6 Å². The number of esters is 1. The lowest BCUT2D eigenvalue weighted by Gasteiger charge is -2.16. The SMILES string of the molecule is CCCCOC(=O)c1ccc(N2C(=O)C(Nc3cccc(C)c3)=C(Sc3ccc(Cl)cc3)C2=O)cc1. The number of imide groups is 1. The molecule has 184 valence electrons. The van der Waals surface area contributed by atoms with Gasteiger partial charge in [0.2, 0.25) is 0 Å². The average Bonchev–Trinajstić information content (AvgIpc) is 3.09. The summed E-state index contributed by atoms with van der Waals surface area (Å²) < 4.78 is 5.24. The summed E-state index contributed by atoms with van der Waals surface area (Å²) in [6, 6.07) is 20.9. The molecule has 1 N–H and O–H groups in total. The minimum atomic E-state index is -0.476. The first-order chi connectivity index (χ1) is 17.4. The summed E-state index contributed by atoms with van der Waals surface area (Å²) in [4.78, 5) is 41.4. The second kappa shape index (κ2) is 11.5. The zero-order valence-electron chi connectivity index (χ0n) is 19.9. The van der Waals surface area contributed by atoms with Crippen molar-refractivity contribution in [3.63, 3.8) is 0 Å². The van der Waals surface area contributed by atoms with Crippen LogP contribution in [0.5, 0.6) is 0 Å². The molecule has 8 heteroatoms.